The summed E-state index contributed by atoms with van der Waals surface area (Å²) >= 11 is 0. The molecule has 0 radical (unpaired) electrons. The van der Waals surface area contributed by atoms with Crippen LogP contribution in [0.1, 0.15) is 5.56 Å². The zero-order valence-electron chi connectivity index (χ0n) is 10.8. The van der Waals surface area contributed by atoms with Crippen molar-refractivity contribution >= 4 is 11.8 Å². The van der Waals surface area contributed by atoms with Crippen LogP contribution >= 0.6 is 0 Å². The molecule has 1 N–H and O–H groups in total. The number of aryl methyl sites for hydroxylation is 1. The van der Waals surface area contributed by atoms with Gasteiger partial charge in [0.2, 0.25) is 0 Å². The number of anilines is 1. The molecule has 1 aromatic carbocycles. The molecule has 0 atom stereocenters. The van der Waals surface area contributed by atoms with Crippen LogP contribution in [0.5, 0.6) is 0 Å². The highest BCUT2D eigenvalue weighted by molar-refractivity contribution is 5.84. The van der Waals surface area contributed by atoms with Crippen LogP contribution in [0.2, 0.25) is 0 Å². The Labute approximate surface area is 107 Å². The molecule has 0 fully saturated rings. The Morgan fingerprint density at radius 1 is 1.11 bits per heavy atom. The van der Waals surface area contributed by atoms with Gasteiger partial charge in [-0.1, -0.05) is 17.7 Å². The second kappa shape index (κ2) is 8.49. The number of amides is 1. The van der Waals surface area contributed by atoms with E-state index in [2.05, 4.69) is 5.32 Å². The Hall–Kier alpha value is -1.59. The Bertz CT molecular complexity index is 351. The van der Waals surface area contributed by atoms with Crippen LogP contribution < -0.4 is 5.32 Å². The van der Waals surface area contributed by atoms with Gasteiger partial charge in [0.15, 0.2) is 0 Å². The van der Waals surface area contributed by atoms with E-state index in [4.69, 9.17) is 14.2 Å². The number of hydrogen-bond acceptors (Lipinski definition) is 4. The zero-order valence-corrected chi connectivity index (χ0v) is 10.8. The molecule has 1 aromatic rings. The van der Waals surface area contributed by atoms with Crippen molar-refractivity contribution in [2.24, 2.45) is 0 Å². The second-order valence-electron chi connectivity index (χ2n) is 3.73. The van der Waals surface area contributed by atoms with Crippen molar-refractivity contribution in [2.75, 3.05) is 38.9 Å². The number of carbonyl (C=O) groups is 1. The van der Waals surface area contributed by atoms with Crippen LogP contribution in [0.15, 0.2) is 24.3 Å². The van der Waals surface area contributed by atoms with Gasteiger partial charge in [-0.3, -0.25) is 5.32 Å². The maximum absolute atomic E-state index is 11.4. The zero-order chi connectivity index (χ0) is 13.2. The highest BCUT2D eigenvalue weighted by atomic mass is 16.6. The molecule has 0 unspecified atom stereocenters. The first-order valence-corrected chi connectivity index (χ1v) is 5.79. The van der Waals surface area contributed by atoms with Gasteiger partial charge in [0.1, 0.15) is 6.61 Å². The van der Waals surface area contributed by atoms with E-state index >= 15 is 0 Å². The van der Waals surface area contributed by atoms with Gasteiger partial charge in [-0.05, 0) is 19.1 Å². The van der Waals surface area contributed by atoms with Crippen LogP contribution in [-0.4, -0.2) is 39.6 Å². The third-order valence-corrected chi connectivity index (χ3v) is 2.19. The first-order valence-electron chi connectivity index (χ1n) is 5.79. The number of carbonyl (C=O) groups excluding carboxylic acids is 1. The fourth-order valence-electron chi connectivity index (χ4n) is 1.23. The average Bonchev–Trinajstić information content (AvgIpc) is 2.36. The van der Waals surface area contributed by atoms with E-state index in [1.165, 1.54) is 0 Å². The summed E-state index contributed by atoms with van der Waals surface area (Å²) in [5.41, 5.74) is 1.85. The smallest absolute Gasteiger partial charge is 0.411 e. The number of rotatable bonds is 7. The van der Waals surface area contributed by atoms with Crippen molar-refractivity contribution in [2.45, 2.75) is 6.92 Å². The lowest BCUT2D eigenvalue weighted by atomic mass is 10.2. The predicted molar refractivity (Wildman–Crippen MR) is 68.8 cm³/mol. The molecule has 1 rings (SSSR count). The quantitative estimate of drug-likeness (QED) is 0.757. The highest BCUT2D eigenvalue weighted by Crippen LogP contribution is 2.08. The van der Waals surface area contributed by atoms with E-state index in [-0.39, 0.29) is 6.61 Å². The molecule has 0 aromatic heterocycles. The summed E-state index contributed by atoms with van der Waals surface area (Å²) in [4.78, 5) is 11.4. The fourth-order valence-corrected chi connectivity index (χ4v) is 1.23. The molecule has 1 amide bonds. The minimum Gasteiger partial charge on any atom is -0.447 e. The maximum atomic E-state index is 11.4. The summed E-state index contributed by atoms with van der Waals surface area (Å²) < 4.78 is 14.9. The van der Waals surface area contributed by atoms with E-state index in [9.17, 15) is 4.79 Å². The number of nitrogens with one attached hydrogen (secondary N) is 1. The Morgan fingerprint density at radius 3 is 2.44 bits per heavy atom. The summed E-state index contributed by atoms with van der Waals surface area (Å²) in [5.74, 6) is 0. The largest absolute Gasteiger partial charge is 0.447 e. The van der Waals surface area contributed by atoms with Crippen molar-refractivity contribution in [3.63, 3.8) is 0 Å². The number of ether oxygens (including phenoxy) is 3. The minimum atomic E-state index is -0.478. The number of benzene rings is 1. The molecule has 5 heteroatoms. The Balaban J connectivity index is 2.12. The van der Waals surface area contributed by atoms with Gasteiger partial charge in [-0.15, -0.1) is 0 Å². The molecule has 0 aliphatic carbocycles. The van der Waals surface area contributed by atoms with Gasteiger partial charge >= 0.3 is 6.09 Å². The molecule has 0 bridgehead atoms. The average molecular weight is 253 g/mol. The minimum absolute atomic E-state index is 0.224. The van der Waals surface area contributed by atoms with Crippen LogP contribution in [0.4, 0.5) is 10.5 Å². The van der Waals surface area contributed by atoms with Crippen molar-refractivity contribution < 1.29 is 19.0 Å². The van der Waals surface area contributed by atoms with E-state index in [0.29, 0.717) is 25.5 Å². The molecule has 0 aliphatic rings. The first kappa shape index (κ1) is 14.5. The SMILES string of the molecule is COCCOCCOC(=O)Nc1ccc(C)cc1. The van der Waals surface area contributed by atoms with Crippen molar-refractivity contribution in [1.29, 1.82) is 0 Å². The Morgan fingerprint density at radius 2 is 1.78 bits per heavy atom. The van der Waals surface area contributed by atoms with Crippen LogP contribution in [0, 0.1) is 6.92 Å². The third kappa shape index (κ3) is 6.22. The van der Waals surface area contributed by atoms with Gasteiger partial charge in [0, 0.05) is 12.8 Å². The molecule has 100 valence electrons. The fraction of sp³-hybridized carbons (Fsp3) is 0.462. The van der Waals surface area contributed by atoms with Crippen molar-refractivity contribution in [3.8, 4) is 0 Å². The van der Waals surface area contributed by atoms with E-state index < -0.39 is 6.09 Å². The Kier molecular flexibility index (Phi) is 6.83. The lowest BCUT2D eigenvalue weighted by Gasteiger charge is -2.07. The summed E-state index contributed by atoms with van der Waals surface area (Å²) in [7, 11) is 1.61. The lowest BCUT2D eigenvalue weighted by Crippen LogP contribution is -2.17. The van der Waals surface area contributed by atoms with Crippen molar-refractivity contribution in [3.05, 3.63) is 29.8 Å². The van der Waals surface area contributed by atoms with Crippen molar-refractivity contribution in [1.82, 2.24) is 0 Å². The monoisotopic (exact) mass is 253 g/mol. The van der Waals surface area contributed by atoms with Gasteiger partial charge in [0.25, 0.3) is 0 Å². The molecular formula is C13H19NO4. The topological polar surface area (TPSA) is 56.8 Å². The standard InChI is InChI=1S/C13H19NO4/c1-11-3-5-12(6-4-11)14-13(15)18-10-9-17-8-7-16-2/h3-6H,7-10H2,1-2H3,(H,14,15). The van der Waals surface area contributed by atoms with Gasteiger partial charge in [-0.2, -0.15) is 0 Å². The van der Waals surface area contributed by atoms with E-state index in [1.54, 1.807) is 7.11 Å². The maximum Gasteiger partial charge on any atom is 0.411 e. The van der Waals surface area contributed by atoms with Gasteiger partial charge < -0.3 is 14.2 Å². The lowest BCUT2D eigenvalue weighted by molar-refractivity contribution is 0.0447. The van der Waals surface area contributed by atoms with Crippen LogP contribution in [-0.2, 0) is 14.2 Å². The van der Waals surface area contributed by atoms with Crippen LogP contribution in [0.3, 0.4) is 0 Å². The molecule has 0 heterocycles. The summed E-state index contributed by atoms with van der Waals surface area (Å²) in [6.07, 6.45) is -0.478. The third-order valence-electron chi connectivity index (χ3n) is 2.19. The molecule has 18 heavy (non-hydrogen) atoms. The molecular weight excluding hydrogens is 234 g/mol. The first-order chi connectivity index (χ1) is 8.72. The number of methoxy groups -OCH3 is 1. The summed E-state index contributed by atoms with van der Waals surface area (Å²) in [5, 5.41) is 2.63. The summed E-state index contributed by atoms with van der Waals surface area (Å²) in [6.45, 7) is 3.61. The molecule has 0 saturated carbocycles. The normalized spacial score (nSPS) is 10.1. The number of hydrogen-bond donors (Lipinski definition) is 1. The van der Waals surface area contributed by atoms with E-state index in [0.717, 1.165) is 5.56 Å². The molecule has 5 nitrogen and oxygen atoms in total. The molecule has 0 saturated heterocycles. The highest BCUT2D eigenvalue weighted by Gasteiger charge is 2.02. The second-order valence-corrected chi connectivity index (χ2v) is 3.73. The van der Waals surface area contributed by atoms with Gasteiger partial charge in [0.05, 0.1) is 19.8 Å². The molecule has 0 spiro atoms. The molecule has 0 aliphatic heterocycles. The predicted octanol–water partition coefficient (Wildman–Crippen LogP) is 2.21. The van der Waals surface area contributed by atoms with E-state index in [1.807, 2.05) is 31.2 Å². The summed E-state index contributed by atoms with van der Waals surface area (Å²) in [6, 6.07) is 7.49. The van der Waals surface area contributed by atoms with Gasteiger partial charge in [-0.25, -0.2) is 4.79 Å². The van der Waals surface area contributed by atoms with Crippen LogP contribution in [0.25, 0.3) is 0 Å².